The molecule has 5 nitrogen and oxygen atoms in total. The lowest BCUT2D eigenvalue weighted by molar-refractivity contribution is 0.0819. The van der Waals surface area contributed by atoms with Crippen LogP contribution < -0.4 is 9.62 Å². The lowest BCUT2D eigenvalue weighted by Crippen LogP contribution is -2.36. The van der Waals surface area contributed by atoms with Gasteiger partial charge < -0.3 is 9.64 Å². The molecule has 2 aromatic carbocycles. The van der Waals surface area contributed by atoms with Crippen molar-refractivity contribution in [1.82, 2.24) is 0 Å². The minimum Gasteiger partial charge on any atom is -0.381 e. The second-order valence-corrected chi connectivity index (χ2v) is 9.28. The van der Waals surface area contributed by atoms with E-state index in [2.05, 4.69) is 9.62 Å². The monoisotopic (exact) mass is 402 g/mol. The Hall–Kier alpha value is -2.05. The third-order valence-electron chi connectivity index (χ3n) is 5.83. The molecule has 1 heterocycles. The second kappa shape index (κ2) is 8.13. The average molecular weight is 403 g/mol. The summed E-state index contributed by atoms with van der Waals surface area (Å²) >= 11 is 0. The fourth-order valence-corrected chi connectivity index (χ4v) is 5.56. The first kappa shape index (κ1) is 20.7. The Labute approximate surface area is 168 Å². The summed E-state index contributed by atoms with van der Waals surface area (Å²) in [5.41, 5.74) is 5.25. The van der Waals surface area contributed by atoms with E-state index in [1.807, 2.05) is 58.0 Å². The number of methoxy groups -OCH3 is 1. The van der Waals surface area contributed by atoms with Gasteiger partial charge >= 0.3 is 0 Å². The number of ether oxygens (including phenoxy) is 1. The number of benzene rings is 2. The topological polar surface area (TPSA) is 58.6 Å². The molecule has 1 N–H and O–H groups in total. The predicted molar refractivity (Wildman–Crippen MR) is 115 cm³/mol. The van der Waals surface area contributed by atoms with Crippen molar-refractivity contribution in [2.45, 2.75) is 51.5 Å². The first-order valence-electron chi connectivity index (χ1n) is 9.71. The van der Waals surface area contributed by atoms with E-state index >= 15 is 0 Å². The van der Waals surface area contributed by atoms with Gasteiger partial charge in [0.15, 0.2) is 0 Å². The molecule has 28 heavy (non-hydrogen) atoms. The Morgan fingerprint density at radius 2 is 1.50 bits per heavy atom. The van der Waals surface area contributed by atoms with Crippen molar-refractivity contribution in [3.8, 4) is 0 Å². The van der Waals surface area contributed by atoms with Crippen molar-refractivity contribution in [1.29, 1.82) is 0 Å². The van der Waals surface area contributed by atoms with E-state index in [0.29, 0.717) is 16.7 Å². The van der Waals surface area contributed by atoms with Gasteiger partial charge in [0.05, 0.1) is 11.0 Å². The molecule has 2 aromatic rings. The van der Waals surface area contributed by atoms with Gasteiger partial charge in [-0.25, -0.2) is 8.42 Å². The molecule has 0 unspecified atom stereocenters. The van der Waals surface area contributed by atoms with Gasteiger partial charge in [-0.05, 0) is 87.1 Å². The Bertz CT molecular complexity index is 918. The number of hydrogen-bond donors (Lipinski definition) is 1. The number of sulfonamides is 1. The fourth-order valence-electron chi connectivity index (χ4n) is 3.88. The minimum absolute atomic E-state index is 0.339. The summed E-state index contributed by atoms with van der Waals surface area (Å²) in [5, 5.41) is 0. The van der Waals surface area contributed by atoms with Crippen LogP contribution in [0.5, 0.6) is 0 Å². The van der Waals surface area contributed by atoms with E-state index in [-0.39, 0.29) is 0 Å². The first-order valence-corrected chi connectivity index (χ1v) is 11.2. The smallest absolute Gasteiger partial charge is 0.262 e. The highest BCUT2D eigenvalue weighted by molar-refractivity contribution is 7.92. The Kier molecular flexibility index (Phi) is 6.01. The van der Waals surface area contributed by atoms with Crippen molar-refractivity contribution in [3.05, 3.63) is 52.6 Å². The SMILES string of the molecule is COC1CCN(c2ccc(NS(=O)(=O)c3c(C)c(C)cc(C)c3C)cc2)CC1. The van der Waals surface area contributed by atoms with E-state index in [4.69, 9.17) is 4.74 Å². The summed E-state index contributed by atoms with van der Waals surface area (Å²) in [7, 11) is -1.88. The highest BCUT2D eigenvalue weighted by Crippen LogP contribution is 2.29. The zero-order valence-electron chi connectivity index (χ0n) is 17.4. The molecule has 3 rings (SSSR count). The van der Waals surface area contributed by atoms with Gasteiger partial charge in [0.1, 0.15) is 0 Å². The van der Waals surface area contributed by atoms with E-state index in [1.54, 1.807) is 7.11 Å². The van der Waals surface area contributed by atoms with Crippen LogP contribution in [0.2, 0.25) is 0 Å². The van der Waals surface area contributed by atoms with Crippen molar-refractivity contribution in [2.75, 3.05) is 29.8 Å². The summed E-state index contributed by atoms with van der Waals surface area (Å²) in [4.78, 5) is 2.70. The molecule has 0 aromatic heterocycles. The Balaban J connectivity index is 1.79. The summed E-state index contributed by atoms with van der Waals surface area (Å²) in [6, 6.07) is 9.66. The van der Waals surface area contributed by atoms with Crippen molar-refractivity contribution in [2.24, 2.45) is 0 Å². The van der Waals surface area contributed by atoms with Gasteiger partial charge in [0, 0.05) is 31.6 Å². The maximum Gasteiger partial charge on any atom is 0.262 e. The molecule has 0 bridgehead atoms. The zero-order chi connectivity index (χ0) is 20.5. The number of nitrogens with one attached hydrogen (secondary N) is 1. The lowest BCUT2D eigenvalue weighted by Gasteiger charge is -2.33. The van der Waals surface area contributed by atoms with E-state index in [0.717, 1.165) is 53.9 Å². The molecule has 0 saturated carbocycles. The van der Waals surface area contributed by atoms with Gasteiger partial charge in [0.2, 0.25) is 0 Å². The van der Waals surface area contributed by atoms with Gasteiger partial charge in [-0.1, -0.05) is 6.07 Å². The Morgan fingerprint density at radius 1 is 0.964 bits per heavy atom. The van der Waals surface area contributed by atoms with Crippen LogP contribution in [0.1, 0.15) is 35.1 Å². The highest BCUT2D eigenvalue weighted by atomic mass is 32.2. The van der Waals surface area contributed by atoms with E-state index in [9.17, 15) is 8.42 Å². The zero-order valence-corrected chi connectivity index (χ0v) is 18.2. The molecule has 0 radical (unpaired) electrons. The first-order chi connectivity index (χ1) is 13.2. The van der Waals surface area contributed by atoms with Crippen LogP contribution in [0.3, 0.4) is 0 Å². The van der Waals surface area contributed by atoms with Gasteiger partial charge in [-0.3, -0.25) is 4.72 Å². The third kappa shape index (κ3) is 4.18. The maximum absolute atomic E-state index is 13.1. The van der Waals surface area contributed by atoms with Crippen LogP contribution in [-0.4, -0.2) is 34.7 Å². The standard InChI is InChI=1S/C22H30N2O3S/c1-15-14-16(2)18(4)22(17(15)3)28(25,26)23-19-6-8-20(9-7-19)24-12-10-21(27-5)11-13-24/h6-9,14,21,23H,10-13H2,1-5H3. The van der Waals surface area contributed by atoms with E-state index < -0.39 is 10.0 Å². The molecule has 0 aliphatic carbocycles. The summed E-state index contributed by atoms with van der Waals surface area (Å²) in [6.45, 7) is 9.52. The summed E-state index contributed by atoms with van der Waals surface area (Å²) in [6.07, 6.45) is 2.36. The van der Waals surface area contributed by atoms with Crippen molar-refractivity contribution >= 4 is 21.4 Å². The van der Waals surface area contributed by atoms with Crippen LogP contribution in [-0.2, 0) is 14.8 Å². The van der Waals surface area contributed by atoms with Crippen LogP contribution in [0, 0.1) is 27.7 Å². The number of hydrogen-bond acceptors (Lipinski definition) is 4. The van der Waals surface area contributed by atoms with Crippen molar-refractivity contribution in [3.63, 3.8) is 0 Å². The maximum atomic E-state index is 13.1. The molecular formula is C22H30N2O3S. The molecule has 152 valence electrons. The molecule has 0 atom stereocenters. The van der Waals surface area contributed by atoms with E-state index in [1.165, 1.54) is 0 Å². The molecule has 0 amide bonds. The van der Waals surface area contributed by atoms with Gasteiger partial charge in [0.25, 0.3) is 10.0 Å². The van der Waals surface area contributed by atoms with Crippen molar-refractivity contribution < 1.29 is 13.2 Å². The van der Waals surface area contributed by atoms with Crippen LogP contribution in [0.15, 0.2) is 35.2 Å². The molecule has 1 aliphatic heterocycles. The number of piperidine rings is 1. The minimum atomic E-state index is -3.65. The molecule has 0 spiro atoms. The average Bonchev–Trinajstić information content (AvgIpc) is 2.67. The fraction of sp³-hybridized carbons (Fsp3) is 0.455. The quantitative estimate of drug-likeness (QED) is 0.808. The number of nitrogens with zero attached hydrogens (tertiary/aromatic N) is 1. The third-order valence-corrected chi connectivity index (χ3v) is 7.48. The number of anilines is 2. The Morgan fingerprint density at radius 3 is 2.00 bits per heavy atom. The molecule has 1 saturated heterocycles. The highest BCUT2D eigenvalue weighted by Gasteiger charge is 2.23. The molecule has 1 fully saturated rings. The lowest BCUT2D eigenvalue weighted by atomic mass is 10.0. The largest absolute Gasteiger partial charge is 0.381 e. The predicted octanol–water partition coefficient (Wildman–Crippen LogP) is 4.34. The van der Waals surface area contributed by atoms with Crippen LogP contribution >= 0.6 is 0 Å². The molecule has 6 heteroatoms. The molecular weight excluding hydrogens is 372 g/mol. The normalized spacial score (nSPS) is 15.7. The second-order valence-electron chi connectivity index (χ2n) is 7.66. The summed E-state index contributed by atoms with van der Waals surface area (Å²) in [5.74, 6) is 0. The van der Waals surface area contributed by atoms with Gasteiger partial charge in [-0.2, -0.15) is 0 Å². The van der Waals surface area contributed by atoms with Crippen LogP contribution in [0.25, 0.3) is 0 Å². The summed E-state index contributed by atoms with van der Waals surface area (Å²) < 4.78 is 34.3. The molecule has 1 aliphatic rings. The number of aryl methyl sites for hydroxylation is 2. The van der Waals surface area contributed by atoms with Gasteiger partial charge in [-0.15, -0.1) is 0 Å². The van der Waals surface area contributed by atoms with Crippen LogP contribution in [0.4, 0.5) is 11.4 Å². The number of rotatable bonds is 5.